The van der Waals surface area contributed by atoms with E-state index in [0.29, 0.717) is 15.9 Å². The molecule has 0 saturated carbocycles. The van der Waals surface area contributed by atoms with Gasteiger partial charge in [0.2, 0.25) is 5.88 Å². The summed E-state index contributed by atoms with van der Waals surface area (Å²) in [6.07, 6.45) is 1.53. The van der Waals surface area contributed by atoms with Gasteiger partial charge >= 0.3 is 11.9 Å². The van der Waals surface area contributed by atoms with Gasteiger partial charge in [-0.05, 0) is 48.7 Å². The highest BCUT2D eigenvalue weighted by Gasteiger charge is 2.26. The fourth-order valence-electron chi connectivity index (χ4n) is 1.82. The first-order valence-electron chi connectivity index (χ1n) is 6.75. The van der Waals surface area contributed by atoms with E-state index in [9.17, 15) is 14.7 Å². The molecule has 1 N–H and O–H groups in total. The molecule has 122 valence electrons. The molecule has 1 rings (SSSR count). The van der Waals surface area contributed by atoms with Crippen molar-refractivity contribution in [2.75, 3.05) is 7.11 Å². The first kappa shape index (κ1) is 18.4. The van der Waals surface area contributed by atoms with Crippen molar-refractivity contribution in [2.45, 2.75) is 39.2 Å². The molecule has 0 radical (unpaired) electrons. The number of carboxylic acids is 1. The van der Waals surface area contributed by atoms with E-state index in [2.05, 4.69) is 20.9 Å². The van der Waals surface area contributed by atoms with Gasteiger partial charge in [-0.2, -0.15) is 0 Å². The van der Waals surface area contributed by atoms with Crippen LogP contribution in [0.2, 0.25) is 0 Å². The van der Waals surface area contributed by atoms with Crippen molar-refractivity contribution in [3.8, 4) is 5.88 Å². The van der Waals surface area contributed by atoms with E-state index in [-0.39, 0.29) is 12.8 Å². The number of aromatic nitrogens is 1. The SMILES string of the molecule is COc1cc(CC(CC(=O)OC(C)(C)C)C(=O)O)c(Br)cn1. The molecule has 0 saturated heterocycles. The van der Waals surface area contributed by atoms with Crippen molar-refractivity contribution in [3.05, 3.63) is 22.3 Å². The minimum atomic E-state index is -1.05. The molecule has 1 aromatic heterocycles. The summed E-state index contributed by atoms with van der Waals surface area (Å²) in [4.78, 5) is 27.2. The van der Waals surface area contributed by atoms with Gasteiger partial charge in [0, 0.05) is 16.7 Å². The quantitative estimate of drug-likeness (QED) is 0.771. The number of pyridine rings is 1. The van der Waals surface area contributed by atoms with Gasteiger partial charge in [-0.1, -0.05) is 0 Å². The van der Waals surface area contributed by atoms with Crippen LogP contribution in [-0.2, 0) is 20.7 Å². The average Bonchev–Trinajstić information content (AvgIpc) is 2.38. The molecule has 1 aromatic rings. The summed E-state index contributed by atoms with van der Waals surface area (Å²) >= 11 is 3.33. The zero-order valence-electron chi connectivity index (χ0n) is 13.1. The molecule has 0 aliphatic rings. The summed E-state index contributed by atoms with van der Waals surface area (Å²) in [7, 11) is 1.48. The van der Waals surface area contributed by atoms with Gasteiger partial charge in [0.1, 0.15) is 5.60 Å². The van der Waals surface area contributed by atoms with Crippen LogP contribution in [-0.4, -0.2) is 34.7 Å². The van der Waals surface area contributed by atoms with Gasteiger partial charge < -0.3 is 14.6 Å². The average molecular weight is 374 g/mol. The lowest BCUT2D eigenvalue weighted by atomic mass is 9.97. The Balaban J connectivity index is 2.85. The van der Waals surface area contributed by atoms with E-state index >= 15 is 0 Å². The predicted octanol–water partition coefficient (Wildman–Crippen LogP) is 2.83. The Morgan fingerprint density at radius 2 is 2.05 bits per heavy atom. The molecule has 0 aliphatic carbocycles. The second-order valence-corrected chi connectivity index (χ2v) is 6.70. The zero-order valence-corrected chi connectivity index (χ0v) is 14.6. The fraction of sp³-hybridized carbons (Fsp3) is 0.533. The number of carbonyl (C=O) groups excluding carboxylic acids is 1. The van der Waals surface area contributed by atoms with Gasteiger partial charge in [-0.3, -0.25) is 9.59 Å². The molecule has 1 heterocycles. The highest BCUT2D eigenvalue weighted by Crippen LogP contribution is 2.24. The van der Waals surface area contributed by atoms with E-state index in [1.54, 1.807) is 33.0 Å². The maximum Gasteiger partial charge on any atom is 0.307 e. The van der Waals surface area contributed by atoms with Crippen LogP contribution >= 0.6 is 15.9 Å². The van der Waals surface area contributed by atoms with Crippen LogP contribution in [0.4, 0.5) is 0 Å². The topological polar surface area (TPSA) is 85.7 Å². The van der Waals surface area contributed by atoms with E-state index in [0.717, 1.165) is 0 Å². The number of carbonyl (C=O) groups is 2. The maximum atomic E-state index is 11.8. The number of aliphatic carboxylic acids is 1. The van der Waals surface area contributed by atoms with E-state index in [1.165, 1.54) is 7.11 Å². The third kappa shape index (κ3) is 6.01. The molecule has 1 atom stereocenters. The van der Waals surface area contributed by atoms with Crippen LogP contribution in [0.15, 0.2) is 16.7 Å². The molecular formula is C15H20BrNO5. The number of nitrogens with zero attached hydrogens (tertiary/aromatic N) is 1. The molecule has 7 heteroatoms. The fourth-order valence-corrected chi connectivity index (χ4v) is 2.20. The Morgan fingerprint density at radius 1 is 1.41 bits per heavy atom. The first-order chi connectivity index (χ1) is 10.1. The molecule has 0 bridgehead atoms. The molecular weight excluding hydrogens is 354 g/mol. The van der Waals surface area contributed by atoms with Crippen molar-refractivity contribution in [3.63, 3.8) is 0 Å². The maximum absolute atomic E-state index is 11.8. The van der Waals surface area contributed by atoms with Crippen molar-refractivity contribution in [2.24, 2.45) is 5.92 Å². The number of esters is 1. The Hall–Kier alpha value is -1.63. The summed E-state index contributed by atoms with van der Waals surface area (Å²) in [5.41, 5.74) is 0.0726. The summed E-state index contributed by atoms with van der Waals surface area (Å²) in [5.74, 6) is -2.07. The standard InChI is InChI=1S/C15H20BrNO5/c1-15(2,3)22-13(18)7-10(14(19)20)5-9-6-12(21-4)17-8-11(9)16/h6,8,10H,5,7H2,1-4H3,(H,19,20). The van der Waals surface area contributed by atoms with Gasteiger partial charge in [0.25, 0.3) is 0 Å². The van der Waals surface area contributed by atoms with Crippen LogP contribution in [0.1, 0.15) is 32.8 Å². The van der Waals surface area contributed by atoms with E-state index in [4.69, 9.17) is 9.47 Å². The number of rotatable bonds is 6. The summed E-state index contributed by atoms with van der Waals surface area (Å²) in [6, 6.07) is 1.65. The second kappa shape index (κ2) is 7.58. The molecule has 0 amide bonds. The molecule has 22 heavy (non-hydrogen) atoms. The summed E-state index contributed by atoms with van der Waals surface area (Å²) in [5, 5.41) is 9.33. The Labute approximate surface area is 138 Å². The van der Waals surface area contributed by atoms with Gasteiger partial charge in [0.05, 0.1) is 19.4 Å². The van der Waals surface area contributed by atoms with Crippen LogP contribution in [0.5, 0.6) is 5.88 Å². The number of hydrogen-bond donors (Lipinski definition) is 1. The van der Waals surface area contributed by atoms with Crippen LogP contribution in [0, 0.1) is 5.92 Å². The number of methoxy groups -OCH3 is 1. The Bertz CT molecular complexity index is 553. The molecule has 0 aliphatic heterocycles. The number of hydrogen-bond acceptors (Lipinski definition) is 5. The van der Waals surface area contributed by atoms with Crippen LogP contribution in [0.25, 0.3) is 0 Å². The minimum Gasteiger partial charge on any atom is -0.481 e. The van der Waals surface area contributed by atoms with E-state index < -0.39 is 23.5 Å². The minimum absolute atomic E-state index is 0.175. The molecule has 0 aromatic carbocycles. The van der Waals surface area contributed by atoms with E-state index in [1.807, 2.05) is 0 Å². The predicted molar refractivity (Wildman–Crippen MR) is 83.8 cm³/mol. The molecule has 0 spiro atoms. The zero-order chi connectivity index (χ0) is 16.9. The largest absolute Gasteiger partial charge is 0.481 e. The third-order valence-electron chi connectivity index (χ3n) is 2.77. The smallest absolute Gasteiger partial charge is 0.307 e. The molecule has 0 fully saturated rings. The Kier molecular flexibility index (Phi) is 6.34. The van der Waals surface area contributed by atoms with Crippen molar-refractivity contribution in [1.29, 1.82) is 0 Å². The highest BCUT2D eigenvalue weighted by atomic mass is 79.9. The lowest BCUT2D eigenvalue weighted by Crippen LogP contribution is -2.28. The normalized spacial score (nSPS) is 12.6. The van der Waals surface area contributed by atoms with Gasteiger partial charge in [0.15, 0.2) is 0 Å². The number of halogens is 1. The lowest BCUT2D eigenvalue weighted by Gasteiger charge is -2.21. The Morgan fingerprint density at radius 3 is 2.55 bits per heavy atom. The van der Waals surface area contributed by atoms with Gasteiger partial charge in [-0.25, -0.2) is 4.98 Å². The monoisotopic (exact) mass is 373 g/mol. The lowest BCUT2D eigenvalue weighted by molar-refractivity contribution is -0.159. The first-order valence-corrected chi connectivity index (χ1v) is 7.54. The number of carboxylic acid groups (broad SMARTS) is 1. The third-order valence-corrected chi connectivity index (χ3v) is 3.48. The summed E-state index contributed by atoms with van der Waals surface area (Å²) in [6.45, 7) is 5.22. The second-order valence-electron chi connectivity index (χ2n) is 5.85. The van der Waals surface area contributed by atoms with Crippen LogP contribution in [0.3, 0.4) is 0 Å². The van der Waals surface area contributed by atoms with Crippen molar-refractivity contribution in [1.82, 2.24) is 4.98 Å². The van der Waals surface area contributed by atoms with Crippen molar-refractivity contribution < 1.29 is 24.2 Å². The van der Waals surface area contributed by atoms with Crippen LogP contribution < -0.4 is 4.74 Å². The molecule has 6 nitrogen and oxygen atoms in total. The summed E-state index contributed by atoms with van der Waals surface area (Å²) < 4.78 is 10.9. The van der Waals surface area contributed by atoms with Gasteiger partial charge in [-0.15, -0.1) is 0 Å². The van der Waals surface area contributed by atoms with Crippen molar-refractivity contribution >= 4 is 27.9 Å². The highest BCUT2D eigenvalue weighted by molar-refractivity contribution is 9.10. The molecule has 1 unspecified atom stereocenters. The number of ether oxygens (including phenoxy) is 2.